The van der Waals surface area contributed by atoms with Crippen LogP contribution in [0.5, 0.6) is 0 Å². The van der Waals surface area contributed by atoms with Gasteiger partial charge >= 0.3 is 5.97 Å². The highest BCUT2D eigenvalue weighted by atomic mass is 32.2. The molecular formula is C17H16N2O4S2. The fraction of sp³-hybridized carbons (Fsp3) is 0.294. The second-order valence-corrected chi connectivity index (χ2v) is 7.16. The SMILES string of the molecule is CCN1C(=O)/C(=C2\SC(=S)N(C(C)C(=O)OC)C2=O)c2ccccc21. The van der Waals surface area contributed by atoms with E-state index in [9.17, 15) is 14.4 Å². The zero-order valence-corrected chi connectivity index (χ0v) is 15.6. The molecule has 8 heteroatoms. The Morgan fingerprint density at radius 2 is 1.96 bits per heavy atom. The number of thioether (sulfide) groups is 1. The number of rotatable bonds is 3. The number of benzene rings is 1. The van der Waals surface area contributed by atoms with Crippen LogP contribution in [0.2, 0.25) is 0 Å². The van der Waals surface area contributed by atoms with Crippen molar-refractivity contribution >= 4 is 57.3 Å². The van der Waals surface area contributed by atoms with Crippen LogP contribution >= 0.6 is 24.0 Å². The third kappa shape index (κ3) is 2.65. The number of hydrogen-bond acceptors (Lipinski definition) is 6. The van der Waals surface area contributed by atoms with Crippen LogP contribution in [0.25, 0.3) is 5.57 Å². The molecule has 2 heterocycles. The van der Waals surface area contributed by atoms with E-state index in [0.29, 0.717) is 17.7 Å². The van der Waals surface area contributed by atoms with Gasteiger partial charge < -0.3 is 9.64 Å². The van der Waals surface area contributed by atoms with Crippen LogP contribution in [0, 0.1) is 0 Å². The maximum absolute atomic E-state index is 12.9. The van der Waals surface area contributed by atoms with E-state index in [1.54, 1.807) is 11.8 Å². The summed E-state index contributed by atoms with van der Waals surface area (Å²) in [5.74, 6) is -1.23. The number of esters is 1. The highest BCUT2D eigenvalue weighted by Gasteiger charge is 2.44. The van der Waals surface area contributed by atoms with Gasteiger partial charge in [-0.15, -0.1) is 0 Å². The molecule has 0 N–H and O–H groups in total. The minimum Gasteiger partial charge on any atom is -0.467 e. The predicted molar refractivity (Wildman–Crippen MR) is 99.9 cm³/mol. The van der Waals surface area contributed by atoms with Gasteiger partial charge in [-0.05, 0) is 19.9 Å². The van der Waals surface area contributed by atoms with Gasteiger partial charge in [0.15, 0.2) is 0 Å². The van der Waals surface area contributed by atoms with Gasteiger partial charge in [0.2, 0.25) is 0 Å². The van der Waals surface area contributed by atoms with Crippen LogP contribution in [-0.4, -0.2) is 46.7 Å². The summed E-state index contributed by atoms with van der Waals surface area (Å²) in [6.45, 7) is 3.92. The standard InChI is InChI=1S/C17H16N2O4S2/c1-4-18-11-8-6-5-7-10(11)12(14(18)20)13-15(21)19(17(24)25-13)9(2)16(22)23-3/h5-9H,4H2,1-3H3/b13-12-. The lowest BCUT2D eigenvalue weighted by molar-refractivity contribution is -0.147. The number of nitrogens with zero attached hydrogens (tertiary/aromatic N) is 2. The molecule has 1 saturated heterocycles. The molecular weight excluding hydrogens is 360 g/mol. The first-order valence-electron chi connectivity index (χ1n) is 7.71. The van der Waals surface area contributed by atoms with E-state index in [1.165, 1.54) is 12.0 Å². The maximum Gasteiger partial charge on any atom is 0.328 e. The number of hydrogen-bond donors (Lipinski definition) is 0. The van der Waals surface area contributed by atoms with Gasteiger partial charge in [0.25, 0.3) is 11.8 Å². The van der Waals surface area contributed by atoms with Crippen LogP contribution in [0.1, 0.15) is 19.4 Å². The summed E-state index contributed by atoms with van der Waals surface area (Å²) >= 11 is 6.32. The molecule has 0 saturated carbocycles. The highest BCUT2D eigenvalue weighted by molar-refractivity contribution is 8.26. The third-order valence-corrected chi connectivity index (χ3v) is 5.60. The number of carbonyl (C=O) groups is 3. The Hall–Kier alpha value is -2.19. The van der Waals surface area contributed by atoms with Crippen LogP contribution in [0.4, 0.5) is 5.69 Å². The first kappa shape index (κ1) is 17.6. The lowest BCUT2D eigenvalue weighted by atomic mass is 10.1. The summed E-state index contributed by atoms with van der Waals surface area (Å²) < 4.78 is 4.94. The van der Waals surface area contributed by atoms with E-state index in [1.807, 2.05) is 31.2 Å². The number of thiocarbonyl (C=S) groups is 1. The van der Waals surface area contributed by atoms with Crippen LogP contribution in [0.15, 0.2) is 29.2 Å². The first-order chi connectivity index (χ1) is 11.9. The van der Waals surface area contributed by atoms with E-state index >= 15 is 0 Å². The van der Waals surface area contributed by atoms with Crippen molar-refractivity contribution in [3.05, 3.63) is 34.7 Å². The fourth-order valence-corrected chi connectivity index (χ4v) is 4.44. The Morgan fingerprint density at radius 3 is 2.60 bits per heavy atom. The van der Waals surface area contributed by atoms with Gasteiger partial charge in [0.1, 0.15) is 10.4 Å². The average molecular weight is 376 g/mol. The zero-order valence-electron chi connectivity index (χ0n) is 13.9. The number of likely N-dealkylation sites (N-methyl/N-ethyl adjacent to an activating group) is 1. The lowest BCUT2D eigenvalue weighted by Gasteiger charge is -2.20. The highest BCUT2D eigenvalue weighted by Crippen LogP contribution is 2.44. The smallest absolute Gasteiger partial charge is 0.328 e. The van der Waals surface area contributed by atoms with Crippen molar-refractivity contribution in [2.24, 2.45) is 0 Å². The quantitative estimate of drug-likeness (QED) is 0.458. The first-order valence-corrected chi connectivity index (χ1v) is 8.93. The zero-order chi connectivity index (χ0) is 18.3. The number of fused-ring (bicyclic) bond motifs is 1. The molecule has 130 valence electrons. The van der Waals surface area contributed by atoms with Gasteiger partial charge in [0.05, 0.1) is 23.3 Å². The summed E-state index contributed by atoms with van der Waals surface area (Å²) in [6.07, 6.45) is 0. The molecule has 6 nitrogen and oxygen atoms in total. The minimum atomic E-state index is -0.843. The second-order valence-electron chi connectivity index (χ2n) is 5.51. The van der Waals surface area contributed by atoms with E-state index in [2.05, 4.69) is 0 Å². The third-order valence-electron chi connectivity index (χ3n) is 4.20. The number of methoxy groups -OCH3 is 1. The van der Waals surface area contributed by atoms with Crippen molar-refractivity contribution in [2.75, 3.05) is 18.6 Å². The Morgan fingerprint density at radius 1 is 1.28 bits per heavy atom. The van der Waals surface area contributed by atoms with Crippen molar-refractivity contribution in [1.29, 1.82) is 0 Å². The maximum atomic E-state index is 12.9. The summed E-state index contributed by atoms with van der Waals surface area (Å²) in [5, 5.41) is 0. The van der Waals surface area contributed by atoms with Crippen molar-refractivity contribution in [3.8, 4) is 0 Å². The number of ether oxygens (including phenoxy) is 1. The van der Waals surface area contributed by atoms with Gasteiger partial charge in [-0.2, -0.15) is 0 Å². The molecule has 1 aromatic rings. The molecule has 2 amide bonds. The predicted octanol–water partition coefficient (Wildman–Crippen LogP) is 2.19. The Balaban J connectivity index is 2.10. The van der Waals surface area contributed by atoms with Crippen molar-refractivity contribution in [2.45, 2.75) is 19.9 Å². The van der Waals surface area contributed by atoms with E-state index in [4.69, 9.17) is 17.0 Å². The number of carbonyl (C=O) groups excluding carboxylic acids is 3. The Labute approximate surface area is 154 Å². The molecule has 2 aliphatic heterocycles. The summed E-state index contributed by atoms with van der Waals surface area (Å²) in [7, 11) is 1.25. The average Bonchev–Trinajstić information content (AvgIpc) is 3.05. The monoisotopic (exact) mass is 376 g/mol. The molecule has 0 bridgehead atoms. The van der Waals surface area contributed by atoms with Crippen molar-refractivity contribution < 1.29 is 19.1 Å². The molecule has 2 aliphatic rings. The molecule has 0 aromatic heterocycles. The second kappa shape index (κ2) is 6.61. The summed E-state index contributed by atoms with van der Waals surface area (Å²) in [5.41, 5.74) is 1.83. The van der Waals surface area contributed by atoms with Gasteiger partial charge in [-0.1, -0.05) is 42.2 Å². The van der Waals surface area contributed by atoms with Crippen LogP contribution < -0.4 is 4.90 Å². The normalized spacial score (nSPS) is 21.0. The Bertz CT molecular complexity index is 834. The Kier molecular flexibility index (Phi) is 4.66. The summed E-state index contributed by atoms with van der Waals surface area (Å²) in [6, 6.07) is 6.49. The van der Waals surface area contributed by atoms with Crippen LogP contribution in [0.3, 0.4) is 0 Å². The number of para-hydroxylation sites is 1. The molecule has 0 radical (unpaired) electrons. The molecule has 1 aromatic carbocycles. The molecule has 0 aliphatic carbocycles. The molecule has 0 spiro atoms. The fourth-order valence-electron chi connectivity index (χ4n) is 2.95. The van der Waals surface area contributed by atoms with Gasteiger partial charge in [-0.25, -0.2) is 4.79 Å². The van der Waals surface area contributed by atoms with Gasteiger partial charge in [0, 0.05) is 12.1 Å². The number of amides is 2. The molecule has 1 atom stereocenters. The van der Waals surface area contributed by atoms with E-state index in [-0.39, 0.29) is 15.1 Å². The largest absolute Gasteiger partial charge is 0.467 e. The molecule has 25 heavy (non-hydrogen) atoms. The molecule has 1 unspecified atom stereocenters. The summed E-state index contributed by atoms with van der Waals surface area (Å²) in [4.78, 5) is 40.6. The topological polar surface area (TPSA) is 66.9 Å². The molecule has 3 rings (SSSR count). The number of anilines is 1. The lowest BCUT2D eigenvalue weighted by Crippen LogP contribution is -2.42. The molecule has 1 fully saturated rings. The van der Waals surface area contributed by atoms with E-state index in [0.717, 1.165) is 17.4 Å². The van der Waals surface area contributed by atoms with Crippen LogP contribution in [-0.2, 0) is 19.1 Å². The van der Waals surface area contributed by atoms with Gasteiger partial charge in [-0.3, -0.25) is 14.5 Å². The minimum absolute atomic E-state index is 0.227. The van der Waals surface area contributed by atoms with Crippen molar-refractivity contribution in [3.63, 3.8) is 0 Å². The van der Waals surface area contributed by atoms with E-state index < -0.39 is 17.9 Å². The van der Waals surface area contributed by atoms with Crippen molar-refractivity contribution in [1.82, 2.24) is 4.90 Å².